The lowest BCUT2D eigenvalue weighted by Crippen LogP contribution is -3.14. The lowest BCUT2D eigenvalue weighted by atomic mass is 9.95. The number of benzene rings is 2. The van der Waals surface area contributed by atoms with Gasteiger partial charge in [-0.15, -0.1) is 0 Å². The first-order chi connectivity index (χ1) is 16.4. The van der Waals surface area contributed by atoms with Crippen LogP contribution in [0, 0.1) is 5.82 Å². The zero-order valence-electron chi connectivity index (χ0n) is 18.9. The molecule has 0 saturated carbocycles. The minimum atomic E-state index is -0.938. The number of quaternary nitrogens is 1. The van der Waals surface area contributed by atoms with Gasteiger partial charge in [0, 0.05) is 18.5 Å². The fourth-order valence-electron chi connectivity index (χ4n) is 4.48. The molecule has 1 unspecified atom stereocenters. The third-order valence-electron chi connectivity index (χ3n) is 6.28. The number of amides is 1. The molecule has 9 heteroatoms. The van der Waals surface area contributed by atoms with E-state index in [0.29, 0.717) is 25.2 Å². The van der Waals surface area contributed by atoms with Crippen molar-refractivity contribution in [1.29, 1.82) is 0 Å². The summed E-state index contributed by atoms with van der Waals surface area (Å²) >= 11 is 0. The Morgan fingerprint density at radius 1 is 1.21 bits per heavy atom. The number of hydrogen-bond acceptors (Lipinski definition) is 6. The van der Waals surface area contributed by atoms with Crippen LogP contribution in [-0.2, 0) is 14.3 Å². The topological polar surface area (TPSA) is 104 Å². The molecule has 0 aliphatic carbocycles. The number of phenols is 1. The Labute approximate surface area is 196 Å². The number of hydrogen-bond donors (Lipinski definition) is 2. The summed E-state index contributed by atoms with van der Waals surface area (Å²) in [4.78, 5) is 28.8. The number of ether oxygens (including phenoxy) is 2. The van der Waals surface area contributed by atoms with Gasteiger partial charge in [0.1, 0.15) is 18.9 Å². The van der Waals surface area contributed by atoms with Gasteiger partial charge in [0.25, 0.3) is 5.91 Å². The van der Waals surface area contributed by atoms with Crippen LogP contribution in [0.3, 0.4) is 0 Å². The Morgan fingerprint density at radius 3 is 2.59 bits per heavy atom. The maximum Gasteiger partial charge on any atom is 0.295 e. The number of methoxy groups -OCH3 is 1. The molecular weight excluding hydrogens is 443 g/mol. The average Bonchev–Trinajstić information content (AvgIpc) is 3.10. The van der Waals surface area contributed by atoms with Crippen molar-refractivity contribution in [2.75, 3.05) is 46.5 Å². The summed E-state index contributed by atoms with van der Waals surface area (Å²) in [5.74, 6) is -2.70. The summed E-state index contributed by atoms with van der Waals surface area (Å²) in [5, 5.41) is 23.3. The van der Waals surface area contributed by atoms with E-state index in [4.69, 9.17) is 9.47 Å². The van der Waals surface area contributed by atoms with Crippen LogP contribution < -0.4 is 14.7 Å². The lowest BCUT2D eigenvalue weighted by molar-refractivity contribution is -0.908. The van der Waals surface area contributed by atoms with E-state index in [1.807, 2.05) is 0 Å². The van der Waals surface area contributed by atoms with E-state index in [9.17, 15) is 24.2 Å². The summed E-state index contributed by atoms with van der Waals surface area (Å²) in [6, 6.07) is 8.40. The highest BCUT2D eigenvalue weighted by molar-refractivity contribution is 6.46. The van der Waals surface area contributed by atoms with Crippen LogP contribution in [0.25, 0.3) is 5.76 Å². The Bertz CT molecular complexity index is 1100. The van der Waals surface area contributed by atoms with E-state index in [0.717, 1.165) is 31.8 Å². The molecule has 4 rings (SSSR count). The van der Waals surface area contributed by atoms with Crippen molar-refractivity contribution in [3.05, 3.63) is 65.0 Å². The van der Waals surface area contributed by atoms with E-state index in [1.54, 1.807) is 6.07 Å². The smallest absolute Gasteiger partial charge is 0.295 e. The van der Waals surface area contributed by atoms with E-state index in [2.05, 4.69) is 0 Å². The maximum atomic E-state index is 13.4. The molecule has 2 aromatic rings. The number of rotatable bonds is 7. The molecule has 0 radical (unpaired) electrons. The van der Waals surface area contributed by atoms with Gasteiger partial charge in [0.2, 0.25) is 5.78 Å². The summed E-state index contributed by atoms with van der Waals surface area (Å²) in [6.45, 7) is 4.22. The summed E-state index contributed by atoms with van der Waals surface area (Å²) < 4.78 is 24.0. The largest absolute Gasteiger partial charge is 0.872 e. The highest BCUT2D eigenvalue weighted by Gasteiger charge is 2.44. The normalized spacial score (nSPS) is 20.6. The number of nitrogens with zero attached hydrogens (tertiary/aromatic N) is 1. The minimum absolute atomic E-state index is 0.101. The number of likely N-dealkylation sites (tertiary alicyclic amines) is 1. The van der Waals surface area contributed by atoms with E-state index >= 15 is 0 Å². The second kappa shape index (κ2) is 10.2. The Kier molecular flexibility index (Phi) is 7.14. The third kappa shape index (κ3) is 4.76. The predicted molar refractivity (Wildman–Crippen MR) is 118 cm³/mol. The Hall–Kier alpha value is -3.43. The van der Waals surface area contributed by atoms with Gasteiger partial charge in [0.15, 0.2) is 11.5 Å². The Morgan fingerprint density at radius 2 is 1.91 bits per heavy atom. The van der Waals surface area contributed by atoms with Crippen molar-refractivity contribution in [2.24, 2.45) is 0 Å². The molecule has 2 N–H and O–H groups in total. The van der Waals surface area contributed by atoms with Gasteiger partial charge in [-0.25, -0.2) is 4.39 Å². The van der Waals surface area contributed by atoms with Gasteiger partial charge in [-0.3, -0.25) is 9.59 Å². The predicted octanol–water partition coefficient (Wildman–Crippen LogP) is 0.0691. The van der Waals surface area contributed by atoms with Crippen molar-refractivity contribution in [3.63, 3.8) is 0 Å². The van der Waals surface area contributed by atoms with Crippen LogP contribution in [0.5, 0.6) is 11.5 Å². The Balaban J connectivity index is 1.70. The molecule has 2 aliphatic rings. The number of nitrogens with one attached hydrogen (secondary N) is 1. The van der Waals surface area contributed by atoms with Gasteiger partial charge in [-0.2, -0.15) is 0 Å². The zero-order chi connectivity index (χ0) is 24.2. The molecule has 2 saturated heterocycles. The van der Waals surface area contributed by atoms with Gasteiger partial charge >= 0.3 is 0 Å². The van der Waals surface area contributed by atoms with Gasteiger partial charge in [0.05, 0.1) is 32.9 Å². The number of halogens is 1. The first kappa shape index (κ1) is 23.7. The number of phenolic OH excluding ortho intramolecular Hbond substituents is 1. The molecule has 2 heterocycles. The molecule has 2 aliphatic heterocycles. The highest BCUT2D eigenvalue weighted by atomic mass is 19.1. The molecule has 8 nitrogen and oxygen atoms in total. The van der Waals surface area contributed by atoms with Gasteiger partial charge < -0.3 is 29.5 Å². The fraction of sp³-hybridized carbons (Fsp3) is 0.360. The highest BCUT2D eigenvalue weighted by Crippen LogP contribution is 2.41. The van der Waals surface area contributed by atoms with Crippen LogP contribution in [0.2, 0.25) is 0 Å². The van der Waals surface area contributed by atoms with Crippen molar-refractivity contribution in [2.45, 2.75) is 12.5 Å². The van der Waals surface area contributed by atoms with Gasteiger partial charge in [-0.05, 0) is 35.4 Å². The van der Waals surface area contributed by atoms with Crippen molar-refractivity contribution >= 4 is 17.4 Å². The number of carbonyl (C=O) groups excluding carboxylic acids is 2. The van der Waals surface area contributed by atoms with Crippen LogP contribution in [0.1, 0.15) is 23.6 Å². The number of carbonyl (C=O) groups is 2. The maximum absolute atomic E-state index is 13.4. The van der Waals surface area contributed by atoms with Crippen molar-refractivity contribution < 1.29 is 38.6 Å². The summed E-state index contributed by atoms with van der Waals surface area (Å²) in [5.41, 5.74) is 0.397. The SMILES string of the molecule is COc1cc(C2/C(=C(\[O-])c3ccc(F)cc3)C(=O)C(=O)N2CCC[NH+]2CCOCC2)ccc1O. The van der Waals surface area contributed by atoms with Crippen LogP contribution in [0.15, 0.2) is 48.0 Å². The number of morpholine rings is 1. The standard InChI is InChI=1S/C25H27FN2O6/c1-33-20-15-17(5-8-19(20)29)22-21(23(30)16-3-6-18(26)7-4-16)24(31)25(32)28(22)10-2-9-27-11-13-34-14-12-27/h3-8,15,22,29-30H,2,9-14H2,1H3/b23-21+. The van der Waals surface area contributed by atoms with Gasteiger partial charge in [-0.1, -0.05) is 24.0 Å². The minimum Gasteiger partial charge on any atom is -0.872 e. The molecule has 180 valence electrons. The number of Topliss-reactive ketones (excluding diaryl/α,β-unsaturated/α-hetero) is 1. The lowest BCUT2D eigenvalue weighted by Gasteiger charge is -2.29. The van der Waals surface area contributed by atoms with Crippen LogP contribution in [-0.4, -0.2) is 68.2 Å². The molecule has 1 amide bonds. The third-order valence-corrected chi connectivity index (χ3v) is 6.28. The first-order valence-electron chi connectivity index (χ1n) is 11.2. The number of ketones is 1. The second-order valence-electron chi connectivity index (χ2n) is 8.38. The number of aromatic hydroxyl groups is 1. The van der Waals surface area contributed by atoms with Crippen molar-refractivity contribution in [1.82, 2.24) is 4.90 Å². The van der Waals surface area contributed by atoms with E-state index in [-0.39, 0.29) is 29.2 Å². The molecule has 2 fully saturated rings. The second-order valence-corrected chi connectivity index (χ2v) is 8.38. The molecule has 0 bridgehead atoms. The molecule has 0 aromatic heterocycles. The van der Waals surface area contributed by atoms with E-state index < -0.39 is 29.3 Å². The van der Waals surface area contributed by atoms with E-state index in [1.165, 1.54) is 41.2 Å². The zero-order valence-corrected chi connectivity index (χ0v) is 18.9. The molecule has 2 aromatic carbocycles. The average molecular weight is 470 g/mol. The molecule has 34 heavy (non-hydrogen) atoms. The molecule has 0 spiro atoms. The van der Waals surface area contributed by atoms with Crippen LogP contribution >= 0.6 is 0 Å². The van der Waals surface area contributed by atoms with Crippen LogP contribution in [0.4, 0.5) is 4.39 Å². The summed E-state index contributed by atoms with van der Waals surface area (Å²) in [6.07, 6.45) is 0.637. The first-order valence-corrected chi connectivity index (χ1v) is 11.2. The van der Waals surface area contributed by atoms with Crippen molar-refractivity contribution in [3.8, 4) is 11.5 Å². The monoisotopic (exact) mass is 470 g/mol. The quantitative estimate of drug-likeness (QED) is 0.337. The molecular formula is C25H27FN2O6. The molecule has 1 atom stereocenters. The summed E-state index contributed by atoms with van der Waals surface area (Å²) in [7, 11) is 1.39. The fourth-order valence-corrected chi connectivity index (χ4v) is 4.48.